The minimum absolute atomic E-state index is 0.0301. The van der Waals surface area contributed by atoms with Gasteiger partial charge in [-0.1, -0.05) is 6.07 Å². The second kappa shape index (κ2) is 6.93. The lowest BCUT2D eigenvalue weighted by Crippen LogP contribution is -2.39. The molecule has 6 heteroatoms. The predicted molar refractivity (Wildman–Crippen MR) is 101 cm³/mol. The van der Waals surface area contributed by atoms with Crippen LogP contribution in [-0.2, 0) is 24.1 Å². The van der Waals surface area contributed by atoms with Crippen LogP contribution in [-0.4, -0.2) is 24.9 Å². The van der Waals surface area contributed by atoms with Crippen LogP contribution in [0.2, 0.25) is 0 Å². The number of carbonyl (C=O) groups is 2. The number of hydrogen-bond acceptors (Lipinski definition) is 4. The van der Waals surface area contributed by atoms with E-state index in [-0.39, 0.29) is 18.4 Å². The van der Waals surface area contributed by atoms with Gasteiger partial charge in [0.15, 0.2) is 0 Å². The molecule has 1 aromatic heterocycles. The Morgan fingerprint density at radius 3 is 2.88 bits per heavy atom. The van der Waals surface area contributed by atoms with Crippen LogP contribution >= 0.6 is 11.3 Å². The number of rotatable bonds is 3. The minimum Gasteiger partial charge on any atom is -0.342 e. The summed E-state index contributed by atoms with van der Waals surface area (Å²) in [5, 5.41) is 11.9. The molecule has 132 valence electrons. The first-order valence-electron chi connectivity index (χ1n) is 8.89. The summed E-state index contributed by atoms with van der Waals surface area (Å²) in [6.07, 6.45) is 5.15. The molecule has 1 aliphatic carbocycles. The van der Waals surface area contributed by atoms with E-state index in [0.29, 0.717) is 23.4 Å². The molecule has 2 aromatic rings. The Morgan fingerprint density at radius 1 is 1.23 bits per heavy atom. The average molecular weight is 365 g/mol. The number of benzene rings is 1. The Hall–Kier alpha value is -2.65. The highest BCUT2D eigenvalue weighted by molar-refractivity contribution is 7.14. The van der Waals surface area contributed by atoms with Gasteiger partial charge >= 0.3 is 0 Å². The van der Waals surface area contributed by atoms with Crippen molar-refractivity contribution >= 4 is 28.8 Å². The quantitative estimate of drug-likeness (QED) is 0.909. The smallest absolute Gasteiger partial charge is 0.261 e. The van der Waals surface area contributed by atoms with Gasteiger partial charge in [-0.3, -0.25) is 9.59 Å². The fourth-order valence-electron chi connectivity index (χ4n) is 3.74. The summed E-state index contributed by atoms with van der Waals surface area (Å²) >= 11 is 1.55. The Kier molecular flexibility index (Phi) is 4.48. The summed E-state index contributed by atoms with van der Waals surface area (Å²) in [6.45, 7) is 0.521. The molecular weight excluding hydrogens is 346 g/mol. The van der Waals surface area contributed by atoms with Crippen LogP contribution < -0.4 is 10.2 Å². The predicted octanol–water partition coefficient (Wildman–Crippen LogP) is 2.82. The van der Waals surface area contributed by atoms with Crippen molar-refractivity contribution in [2.75, 3.05) is 18.0 Å². The van der Waals surface area contributed by atoms with E-state index >= 15 is 0 Å². The van der Waals surface area contributed by atoms with Crippen LogP contribution in [0.25, 0.3) is 0 Å². The number of fused-ring (bicyclic) bond motifs is 2. The number of amides is 2. The van der Waals surface area contributed by atoms with Gasteiger partial charge in [-0.15, -0.1) is 11.3 Å². The first kappa shape index (κ1) is 16.8. The summed E-state index contributed by atoms with van der Waals surface area (Å²) in [5.74, 6) is -0.323. The van der Waals surface area contributed by atoms with Gasteiger partial charge in [-0.2, -0.15) is 5.26 Å². The van der Waals surface area contributed by atoms with Crippen molar-refractivity contribution in [3.05, 3.63) is 50.7 Å². The van der Waals surface area contributed by atoms with Crippen molar-refractivity contribution in [3.63, 3.8) is 0 Å². The molecule has 1 aliphatic heterocycles. The molecule has 5 nitrogen and oxygen atoms in total. The van der Waals surface area contributed by atoms with E-state index in [0.717, 1.165) is 24.1 Å². The largest absolute Gasteiger partial charge is 0.342 e. The van der Waals surface area contributed by atoms with Crippen LogP contribution in [0, 0.1) is 11.3 Å². The van der Waals surface area contributed by atoms with Crippen molar-refractivity contribution in [1.29, 1.82) is 5.26 Å². The number of carbonyl (C=O) groups excluding carboxylic acids is 2. The normalized spacial score (nSPS) is 15.1. The third-order valence-corrected chi connectivity index (χ3v) is 6.31. The lowest BCUT2D eigenvalue weighted by molar-refractivity contribution is -0.117. The zero-order chi connectivity index (χ0) is 18.1. The maximum absolute atomic E-state index is 12.6. The first-order chi connectivity index (χ1) is 12.7. The molecule has 0 bridgehead atoms. The maximum Gasteiger partial charge on any atom is 0.261 e. The summed E-state index contributed by atoms with van der Waals surface area (Å²) in [7, 11) is 0. The van der Waals surface area contributed by atoms with Crippen molar-refractivity contribution < 1.29 is 9.59 Å². The third kappa shape index (κ3) is 2.99. The summed E-state index contributed by atoms with van der Waals surface area (Å²) in [6, 6.07) is 9.57. The molecule has 0 spiro atoms. The lowest BCUT2D eigenvalue weighted by Gasteiger charge is -2.17. The van der Waals surface area contributed by atoms with Crippen molar-refractivity contribution in [2.24, 2.45) is 0 Å². The highest BCUT2D eigenvalue weighted by atomic mass is 32.1. The van der Waals surface area contributed by atoms with Crippen LogP contribution in [0.3, 0.4) is 0 Å². The highest BCUT2D eigenvalue weighted by Gasteiger charge is 2.27. The van der Waals surface area contributed by atoms with Gasteiger partial charge in [-0.05, 0) is 61.4 Å². The Balaban J connectivity index is 1.42. The molecule has 0 saturated heterocycles. The SMILES string of the molecule is N#Cc1cccc2c1CCN2C(=O)CNC(=O)c1cc2c(s1)CCCC2. The van der Waals surface area contributed by atoms with Crippen LogP contribution in [0.5, 0.6) is 0 Å². The summed E-state index contributed by atoms with van der Waals surface area (Å²) < 4.78 is 0. The molecule has 0 radical (unpaired) electrons. The van der Waals surface area contributed by atoms with E-state index in [1.165, 1.54) is 23.3 Å². The van der Waals surface area contributed by atoms with E-state index in [9.17, 15) is 14.9 Å². The van der Waals surface area contributed by atoms with Crippen LogP contribution in [0.15, 0.2) is 24.3 Å². The second-order valence-electron chi connectivity index (χ2n) is 6.66. The number of nitriles is 1. The van der Waals surface area contributed by atoms with E-state index in [2.05, 4.69) is 11.4 Å². The number of nitrogens with one attached hydrogen (secondary N) is 1. The second-order valence-corrected chi connectivity index (χ2v) is 7.80. The van der Waals surface area contributed by atoms with E-state index in [1.807, 2.05) is 12.1 Å². The van der Waals surface area contributed by atoms with E-state index in [4.69, 9.17) is 0 Å². The molecule has 0 saturated carbocycles. The monoisotopic (exact) mass is 365 g/mol. The lowest BCUT2D eigenvalue weighted by atomic mass is 9.99. The van der Waals surface area contributed by atoms with Gasteiger partial charge in [0.2, 0.25) is 5.91 Å². The maximum atomic E-state index is 12.6. The molecule has 26 heavy (non-hydrogen) atoms. The van der Waals surface area contributed by atoms with Gasteiger partial charge in [0.05, 0.1) is 23.1 Å². The summed E-state index contributed by atoms with van der Waals surface area (Å²) in [5.41, 5.74) is 3.61. The highest BCUT2D eigenvalue weighted by Crippen LogP contribution is 2.31. The Bertz CT molecular complexity index is 902. The van der Waals surface area contributed by atoms with Crippen molar-refractivity contribution in [1.82, 2.24) is 5.32 Å². The molecule has 1 N–H and O–H groups in total. The van der Waals surface area contributed by atoms with Gasteiger partial charge in [0.1, 0.15) is 0 Å². The molecule has 0 atom stereocenters. The fourth-order valence-corrected chi connectivity index (χ4v) is 4.91. The van der Waals surface area contributed by atoms with Gasteiger partial charge in [-0.25, -0.2) is 0 Å². The minimum atomic E-state index is -0.178. The molecule has 2 aliphatic rings. The number of anilines is 1. The molecular formula is C20H19N3O2S. The average Bonchev–Trinajstić information content (AvgIpc) is 3.29. The van der Waals surface area contributed by atoms with E-state index in [1.54, 1.807) is 28.4 Å². The first-order valence-corrected chi connectivity index (χ1v) is 9.71. The number of nitrogens with zero attached hydrogens (tertiary/aromatic N) is 2. The third-order valence-electron chi connectivity index (χ3n) is 5.07. The fraction of sp³-hybridized carbons (Fsp3) is 0.350. The van der Waals surface area contributed by atoms with Gasteiger partial charge in [0, 0.05) is 17.1 Å². The number of thiophene rings is 1. The van der Waals surface area contributed by atoms with E-state index < -0.39 is 0 Å². The van der Waals surface area contributed by atoms with Gasteiger partial charge in [0.25, 0.3) is 5.91 Å². The molecule has 4 rings (SSSR count). The Morgan fingerprint density at radius 2 is 2.08 bits per heavy atom. The zero-order valence-corrected chi connectivity index (χ0v) is 15.2. The van der Waals surface area contributed by atoms with Crippen LogP contribution in [0.1, 0.15) is 44.1 Å². The molecule has 0 unspecified atom stereocenters. The zero-order valence-electron chi connectivity index (χ0n) is 14.4. The van der Waals surface area contributed by atoms with Crippen molar-refractivity contribution in [3.8, 4) is 6.07 Å². The van der Waals surface area contributed by atoms with Crippen LogP contribution in [0.4, 0.5) is 5.69 Å². The molecule has 1 aromatic carbocycles. The molecule has 2 heterocycles. The number of aryl methyl sites for hydroxylation is 2. The molecule has 2 amide bonds. The number of hydrogen-bond donors (Lipinski definition) is 1. The standard InChI is InChI=1S/C20H19N3O2S/c21-11-14-5-3-6-16-15(14)8-9-23(16)19(24)12-22-20(25)18-10-13-4-1-2-7-17(13)26-18/h3,5-6,10H,1-2,4,7-9,12H2,(H,22,25). The van der Waals surface area contributed by atoms with Crippen molar-refractivity contribution in [2.45, 2.75) is 32.1 Å². The van der Waals surface area contributed by atoms with Gasteiger partial charge < -0.3 is 10.2 Å². The molecule has 0 fully saturated rings. The summed E-state index contributed by atoms with van der Waals surface area (Å²) in [4.78, 5) is 28.6. The Labute approximate surface area is 156 Å². The topological polar surface area (TPSA) is 73.2 Å².